The van der Waals surface area contributed by atoms with Crippen molar-refractivity contribution >= 4 is 28.1 Å². The third-order valence-corrected chi connectivity index (χ3v) is 6.20. The number of thioether (sulfide) groups is 1. The van der Waals surface area contributed by atoms with Gasteiger partial charge in [-0.3, -0.25) is 4.99 Å². The Bertz CT molecular complexity index is 764. The van der Waals surface area contributed by atoms with Crippen molar-refractivity contribution in [1.82, 2.24) is 0 Å². The van der Waals surface area contributed by atoms with Gasteiger partial charge in [0, 0.05) is 10.4 Å². The molecule has 0 N–H and O–H groups in total. The van der Waals surface area contributed by atoms with E-state index in [1.54, 1.807) is 0 Å². The maximum Gasteiger partial charge on any atom is 0.0992 e. The van der Waals surface area contributed by atoms with Gasteiger partial charge in [0.2, 0.25) is 0 Å². The first-order valence-corrected chi connectivity index (χ1v) is 9.06. The third-order valence-electron chi connectivity index (χ3n) is 3.77. The zero-order valence-electron chi connectivity index (χ0n) is 11.9. The van der Waals surface area contributed by atoms with Crippen LogP contribution in [-0.2, 0) is 0 Å². The second kappa shape index (κ2) is 6.11. The first-order valence-electron chi connectivity index (χ1n) is 7.30. The maximum absolute atomic E-state index is 5.05. The van der Waals surface area contributed by atoms with Crippen LogP contribution in [0, 0.1) is 0 Å². The van der Waals surface area contributed by atoms with Crippen molar-refractivity contribution < 1.29 is 0 Å². The molecule has 0 amide bonds. The second-order valence-corrected chi connectivity index (χ2v) is 7.32. The van der Waals surface area contributed by atoms with E-state index in [1.165, 1.54) is 16.0 Å². The van der Waals surface area contributed by atoms with Gasteiger partial charge in [0.1, 0.15) is 0 Å². The number of hydrogen-bond acceptors (Lipinski definition) is 3. The fourth-order valence-corrected chi connectivity index (χ4v) is 4.97. The number of aliphatic imine (C=N–C) groups is 1. The van der Waals surface area contributed by atoms with Crippen LogP contribution in [0.5, 0.6) is 0 Å². The van der Waals surface area contributed by atoms with Crippen LogP contribution in [-0.4, -0.2) is 5.04 Å². The van der Waals surface area contributed by atoms with Crippen LogP contribution < -0.4 is 0 Å². The Hall–Kier alpha value is -1.84. The first-order chi connectivity index (χ1) is 10.9. The molecule has 108 valence electrons. The van der Waals surface area contributed by atoms with E-state index in [4.69, 9.17) is 4.99 Å². The first kappa shape index (κ1) is 13.8. The lowest BCUT2D eigenvalue weighted by Gasteiger charge is -2.15. The van der Waals surface area contributed by atoms with Crippen LogP contribution >= 0.6 is 23.1 Å². The number of hydrogen-bond donors (Lipinski definition) is 0. The summed E-state index contributed by atoms with van der Waals surface area (Å²) in [5.41, 5.74) is 2.51. The van der Waals surface area contributed by atoms with E-state index >= 15 is 0 Å². The summed E-state index contributed by atoms with van der Waals surface area (Å²) in [4.78, 5) is 6.45. The lowest BCUT2D eigenvalue weighted by atomic mass is 10.0. The Labute approximate surface area is 138 Å². The molecule has 2 heterocycles. The number of rotatable bonds is 3. The molecular formula is C19H15NS2. The van der Waals surface area contributed by atoms with Gasteiger partial charge in [-0.1, -0.05) is 78.5 Å². The minimum absolute atomic E-state index is 0.194. The smallest absolute Gasteiger partial charge is 0.0992 e. The molecular weight excluding hydrogens is 306 g/mol. The topological polar surface area (TPSA) is 12.4 Å². The molecule has 1 aliphatic rings. The minimum atomic E-state index is 0.194. The Morgan fingerprint density at radius 2 is 1.50 bits per heavy atom. The number of benzene rings is 2. The molecule has 3 heteroatoms. The van der Waals surface area contributed by atoms with Gasteiger partial charge in [-0.25, -0.2) is 0 Å². The molecule has 0 aliphatic carbocycles. The van der Waals surface area contributed by atoms with E-state index in [9.17, 15) is 0 Å². The molecule has 0 saturated heterocycles. The van der Waals surface area contributed by atoms with Crippen molar-refractivity contribution in [1.29, 1.82) is 0 Å². The summed E-state index contributed by atoms with van der Waals surface area (Å²) in [5.74, 6) is 0. The Morgan fingerprint density at radius 3 is 2.18 bits per heavy atom. The van der Waals surface area contributed by atoms with Gasteiger partial charge in [-0.2, -0.15) is 0 Å². The van der Waals surface area contributed by atoms with E-state index < -0.39 is 0 Å². The van der Waals surface area contributed by atoms with Crippen molar-refractivity contribution in [2.45, 2.75) is 11.3 Å². The molecule has 1 aliphatic heterocycles. The van der Waals surface area contributed by atoms with Crippen LogP contribution in [0.1, 0.15) is 27.3 Å². The van der Waals surface area contributed by atoms with Crippen LogP contribution in [0.15, 0.2) is 83.2 Å². The van der Waals surface area contributed by atoms with Gasteiger partial charge in [-0.15, -0.1) is 11.3 Å². The van der Waals surface area contributed by atoms with Gasteiger partial charge in [0.15, 0.2) is 0 Å². The van der Waals surface area contributed by atoms with Crippen molar-refractivity contribution in [3.05, 3.63) is 94.2 Å². The van der Waals surface area contributed by atoms with Crippen LogP contribution in [0.4, 0.5) is 0 Å². The number of nitrogens with zero attached hydrogens (tertiary/aromatic N) is 1. The van der Waals surface area contributed by atoms with Crippen molar-refractivity contribution in [2.24, 2.45) is 4.99 Å². The highest BCUT2D eigenvalue weighted by Gasteiger charge is 2.33. The molecule has 3 aromatic rings. The molecule has 1 nitrogen and oxygen atoms in total. The highest BCUT2D eigenvalue weighted by atomic mass is 32.2. The highest BCUT2D eigenvalue weighted by molar-refractivity contribution is 8.15. The molecule has 0 bridgehead atoms. The third kappa shape index (κ3) is 2.62. The summed E-state index contributed by atoms with van der Waals surface area (Å²) < 4.78 is 0. The standard InChI is InChI=1S/C19H15NS2/c1-3-8-14(9-4-1)17-18(16-12-7-13-21-16)22-19(20-17)15-10-5-2-6-11-15/h1-13,17-18H. The van der Waals surface area contributed by atoms with Gasteiger partial charge in [0.05, 0.1) is 16.3 Å². The van der Waals surface area contributed by atoms with Gasteiger partial charge < -0.3 is 0 Å². The van der Waals surface area contributed by atoms with Gasteiger partial charge in [0.25, 0.3) is 0 Å². The van der Waals surface area contributed by atoms with E-state index in [2.05, 4.69) is 78.2 Å². The predicted octanol–water partition coefficient (Wildman–Crippen LogP) is 5.72. The molecule has 4 rings (SSSR count). The molecule has 2 atom stereocenters. The summed E-state index contributed by atoms with van der Waals surface area (Å²) in [6.45, 7) is 0. The van der Waals surface area contributed by atoms with Crippen molar-refractivity contribution in [3.8, 4) is 0 Å². The predicted molar refractivity (Wildman–Crippen MR) is 96.8 cm³/mol. The Morgan fingerprint density at radius 1 is 0.773 bits per heavy atom. The molecule has 0 saturated carbocycles. The second-order valence-electron chi connectivity index (χ2n) is 5.21. The summed E-state index contributed by atoms with van der Waals surface area (Å²) in [6.07, 6.45) is 0. The van der Waals surface area contributed by atoms with Crippen molar-refractivity contribution in [2.75, 3.05) is 0 Å². The molecule has 2 unspecified atom stereocenters. The fourth-order valence-electron chi connectivity index (χ4n) is 2.70. The fraction of sp³-hybridized carbons (Fsp3) is 0.105. The van der Waals surface area contributed by atoms with Crippen LogP contribution in [0.3, 0.4) is 0 Å². The normalized spacial score (nSPS) is 20.8. The maximum atomic E-state index is 5.05. The quantitative estimate of drug-likeness (QED) is 0.600. The summed E-state index contributed by atoms with van der Waals surface area (Å²) in [6, 6.07) is 25.7. The van der Waals surface area contributed by atoms with E-state index in [0.29, 0.717) is 5.25 Å². The van der Waals surface area contributed by atoms with E-state index in [1.807, 2.05) is 23.1 Å². The molecule has 22 heavy (non-hydrogen) atoms. The molecule has 1 aromatic heterocycles. The lowest BCUT2D eigenvalue weighted by molar-refractivity contribution is 0.733. The van der Waals surface area contributed by atoms with Gasteiger partial charge in [-0.05, 0) is 17.0 Å². The Balaban J connectivity index is 1.75. The molecule has 2 aromatic carbocycles. The zero-order valence-corrected chi connectivity index (χ0v) is 13.6. The molecule has 0 spiro atoms. The summed E-state index contributed by atoms with van der Waals surface area (Å²) >= 11 is 3.71. The summed E-state index contributed by atoms with van der Waals surface area (Å²) in [7, 11) is 0. The number of thiophene rings is 1. The summed E-state index contributed by atoms with van der Waals surface area (Å²) in [5, 5.41) is 3.67. The highest BCUT2D eigenvalue weighted by Crippen LogP contribution is 2.50. The Kier molecular flexibility index (Phi) is 3.83. The largest absolute Gasteiger partial charge is 0.268 e. The minimum Gasteiger partial charge on any atom is -0.268 e. The monoisotopic (exact) mass is 321 g/mol. The van der Waals surface area contributed by atoms with Crippen LogP contribution in [0.25, 0.3) is 0 Å². The van der Waals surface area contributed by atoms with E-state index in [0.717, 1.165) is 5.04 Å². The average Bonchev–Trinajstić information content (AvgIpc) is 3.26. The average molecular weight is 321 g/mol. The van der Waals surface area contributed by atoms with Gasteiger partial charge >= 0.3 is 0 Å². The SMILES string of the molecule is c1ccc(C2=NC(c3ccccc3)C(c3cccs3)S2)cc1. The van der Waals surface area contributed by atoms with Crippen LogP contribution in [0.2, 0.25) is 0 Å². The lowest BCUT2D eigenvalue weighted by Crippen LogP contribution is -2.00. The zero-order chi connectivity index (χ0) is 14.8. The molecule has 0 radical (unpaired) electrons. The van der Waals surface area contributed by atoms with Crippen molar-refractivity contribution in [3.63, 3.8) is 0 Å². The van der Waals surface area contributed by atoms with E-state index in [-0.39, 0.29) is 6.04 Å². The molecule has 0 fully saturated rings.